The van der Waals surface area contributed by atoms with Crippen molar-refractivity contribution in [2.24, 2.45) is 0 Å². The number of benzene rings is 1. The molecule has 0 bridgehead atoms. The van der Waals surface area contributed by atoms with Gasteiger partial charge in [0.1, 0.15) is 0 Å². The number of aryl methyl sites for hydroxylation is 2. The predicted octanol–water partition coefficient (Wildman–Crippen LogP) is 2.81. The number of rotatable bonds is 2. The monoisotopic (exact) mass is 290 g/mol. The number of carbonyl (C=O) groups is 1. The van der Waals surface area contributed by atoms with E-state index in [1.54, 1.807) is 13.2 Å². The number of anilines is 1. The van der Waals surface area contributed by atoms with Crippen LogP contribution in [0.5, 0.6) is 0 Å². The van der Waals surface area contributed by atoms with Crippen LogP contribution in [0.25, 0.3) is 0 Å². The molecule has 1 aliphatic rings. The van der Waals surface area contributed by atoms with Gasteiger partial charge < -0.3 is 10.1 Å². The molecule has 20 heavy (non-hydrogen) atoms. The van der Waals surface area contributed by atoms with Crippen LogP contribution in [-0.2, 0) is 9.53 Å². The number of thiocarbonyl (C=S) groups is 1. The average molecular weight is 290 g/mol. The Morgan fingerprint density at radius 3 is 2.75 bits per heavy atom. The molecule has 4 nitrogen and oxygen atoms in total. The molecule has 0 saturated carbocycles. The highest BCUT2D eigenvalue weighted by molar-refractivity contribution is 7.80. The molecule has 1 unspecified atom stereocenters. The molecule has 5 heteroatoms. The van der Waals surface area contributed by atoms with E-state index in [1.807, 2.05) is 32.1 Å². The summed E-state index contributed by atoms with van der Waals surface area (Å²) in [6.07, 6.45) is 3.91. The maximum absolute atomic E-state index is 12.1. The third kappa shape index (κ3) is 3.17. The molecule has 0 aliphatic carbocycles. The van der Waals surface area contributed by atoms with Crippen LogP contribution in [0.4, 0.5) is 5.69 Å². The molecule has 1 aromatic rings. The summed E-state index contributed by atoms with van der Waals surface area (Å²) in [5, 5.41) is 5.98. The standard InChI is InChI=1S/C15H18N2O2S/c1-10-5-6-12(11(2)9-10)16-14(20)17-13(18)15(3)7-4-8-19-15/h4-6,8-9H,7H2,1-3H3,(H2,16,17,18,20). The van der Waals surface area contributed by atoms with Crippen LogP contribution in [0.15, 0.2) is 30.5 Å². The Morgan fingerprint density at radius 2 is 2.15 bits per heavy atom. The van der Waals surface area contributed by atoms with Crippen LogP contribution in [0.1, 0.15) is 24.5 Å². The second-order valence-electron chi connectivity index (χ2n) is 5.15. The second-order valence-corrected chi connectivity index (χ2v) is 5.56. The predicted molar refractivity (Wildman–Crippen MR) is 83.5 cm³/mol. The summed E-state index contributed by atoms with van der Waals surface area (Å²) in [5.41, 5.74) is 2.28. The number of amides is 1. The molecule has 0 radical (unpaired) electrons. The van der Waals surface area contributed by atoms with Crippen molar-refractivity contribution >= 4 is 28.9 Å². The summed E-state index contributed by atoms with van der Waals surface area (Å²) in [6.45, 7) is 5.76. The molecule has 1 atom stereocenters. The number of carbonyl (C=O) groups excluding carboxylic acids is 1. The molecule has 1 heterocycles. The molecule has 1 amide bonds. The molecule has 0 spiro atoms. The summed E-state index contributed by atoms with van der Waals surface area (Å²) in [5.74, 6) is -0.246. The zero-order chi connectivity index (χ0) is 14.8. The smallest absolute Gasteiger partial charge is 0.270 e. The van der Waals surface area contributed by atoms with E-state index in [-0.39, 0.29) is 11.0 Å². The summed E-state index contributed by atoms with van der Waals surface area (Å²) in [4.78, 5) is 12.1. The quantitative estimate of drug-likeness (QED) is 0.822. The van der Waals surface area contributed by atoms with Crippen molar-refractivity contribution in [3.63, 3.8) is 0 Å². The first-order chi connectivity index (χ1) is 9.40. The minimum absolute atomic E-state index is 0.246. The highest BCUT2D eigenvalue weighted by Gasteiger charge is 2.36. The Labute approximate surface area is 124 Å². The van der Waals surface area contributed by atoms with Crippen molar-refractivity contribution < 1.29 is 9.53 Å². The first kappa shape index (κ1) is 14.5. The number of nitrogens with one attached hydrogen (secondary N) is 2. The van der Waals surface area contributed by atoms with Gasteiger partial charge in [-0.1, -0.05) is 17.7 Å². The van der Waals surface area contributed by atoms with Crippen molar-refractivity contribution in [1.82, 2.24) is 5.32 Å². The zero-order valence-corrected chi connectivity index (χ0v) is 12.6. The van der Waals surface area contributed by atoms with Crippen molar-refractivity contribution in [2.45, 2.75) is 32.8 Å². The van der Waals surface area contributed by atoms with Crippen LogP contribution in [0.3, 0.4) is 0 Å². The SMILES string of the molecule is Cc1ccc(NC(=S)NC(=O)C2(C)CC=CO2)c(C)c1. The average Bonchev–Trinajstić information content (AvgIpc) is 2.81. The van der Waals surface area contributed by atoms with Gasteiger partial charge in [0, 0.05) is 12.1 Å². The van der Waals surface area contributed by atoms with E-state index < -0.39 is 5.60 Å². The Bertz CT molecular complexity index is 573. The topological polar surface area (TPSA) is 50.4 Å². The highest BCUT2D eigenvalue weighted by Crippen LogP contribution is 2.23. The fourth-order valence-corrected chi connectivity index (χ4v) is 2.21. The molecule has 2 rings (SSSR count). The molecule has 0 aromatic heterocycles. The highest BCUT2D eigenvalue weighted by atomic mass is 32.1. The second kappa shape index (κ2) is 5.63. The van der Waals surface area contributed by atoms with Gasteiger partial charge in [0.25, 0.3) is 5.91 Å². The van der Waals surface area contributed by atoms with Gasteiger partial charge in [0.05, 0.1) is 6.26 Å². The van der Waals surface area contributed by atoms with Gasteiger partial charge in [-0.2, -0.15) is 0 Å². The third-order valence-electron chi connectivity index (χ3n) is 3.27. The van der Waals surface area contributed by atoms with E-state index in [2.05, 4.69) is 16.7 Å². The van der Waals surface area contributed by atoms with E-state index in [9.17, 15) is 4.79 Å². The van der Waals surface area contributed by atoms with E-state index >= 15 is 0 Å². The lowest BCUT2D eigenvalue weighted by molar-refractivity contribution is -0.135. The first-order valence-corrected chi connectivity index (χ1v) is 6.84. The molecule has 0 fully saturated rings. The van der Waals surface area contributed by atoms with Crippen LogP contribution >= 0.6 is 12.2 Å². The molecule has 106 valence electrons. The van der Waals surface area contributed by atoms with Crippen molar-refractivity contribution in [1.29, 1.82) is 0 Å². The van der Waals surface area contributed by atoms with Gasteiger partial charge in [-0.3, -0.25) is 10.1 Å². The third-order valence-corrected chi connectivity index (χ3v) is 3.47. The first-order valence-electron chi connectivity index (χ1n) is 6.43. The fraction of sp³-hybridized carbons (Fsp3) is 0.333. The van der Waals surface area contributed by atoms with Crippen molar-refractivity contribution in [3.05, 3.63) is 41.7 Å². The largest absolute Gasteiger partial charge is 0.485 e. The minimum Gasteiger partial charge on any atom is -0.485 e. The number of hydrogen-bond acceptors (Lipinski definition) is 3. The fourth-order valence-electron chi connectivity index (χ4n) is 2.01. The van der Waals surface area contributed by atoms with Gasteiger partial charge in [-0.05, 0) is 50.7 Å². The molecule has 0 saturated heterocycles. The van der Waals surface area contributed by atoms with E-state index in [0.29, 0.717) is 6.42 Å². The summed E-state index contributed by atoms with van der Waals surface area (Å²) >= 11 is 5.17. The van der Waals surface area contributed by atoms with Gasteiger partial charge in [0.15, 0.2) is 10.7 Å². The zero-order valence-electron chi connectivity index (χ0n) is 11.8. The van der Waals surface area contributed by atoms with E-state index in [4.69, 9.17) is 17.0 Å². The van der Waals surface area contributed by atoms with Crippen LogP contribution in [0, 0.1) is 13.8 Å². The van der Waals surface area contributed by atoms with Gasteiger partial charge in [-0.15, -0.1) is 0 Å². The lowest BCUT2D eigenvalue weighted by Crippen LogP contribution is -2.47. The van der Waals surface area contributed by atoms with E-state index in [1.165, 1.54) is 5.56 Å². The maximum atomic E-state index is 12.1. The lowest BCUT2D eigenvalue weighted by atomic mass is 10.0. The van der Waals surface area contributed by atoms with Crippen LogP contribution < -0.4 is 10.6 Å². The van der Waals surface area contributed by atoms with Gasteiger partial charge in [0.2, 0.25) is 0 Å². The Kier molecular flexibility index (Phi) is 4.09. The Balaban J connectivity index is 1.97. The molecule has 2 N–H and O–H groups in total. The summed E-state index contributed by atoms with van der Waals surface area (Å²) in [6, 6.07) is 5.99. The lowest BCUT2D eigenvalue weighted by Gasteiger charge is -2.23. The van der Waals surface area contributed by atoms with Crippen LogP contribution in [-0.4, -0.2) is 16.6 Å². The normalized spacial score (nSPS) is 20.4. The van der Waals surface area contributed by atoms with Crippen molar-refractivity contribution in [2.75, 3.05) is 5.32 Å². The molecule has 1 aromatic carbocycles. The molecular weight excluding hydrogens is 272 g/mol. The minimum atomic E-state index is -0.867. The molecule has 1 aliphatic heterocycles. The maximum Gasteiger partial charge on any atom is 0.270 e. The molecular formula is C15H18N2O2S. The Morgan fingerprint density at radius 1 is 1.40 bits per heavy atom. The summed E-state index contributed by atoms with van der Waals surface area (Å²) < 4.78 is 5.31. The Hall–Kier alpha value is -1.88. The van der Waals surface area contributed by atoms with Crippen LogP contribution in [0.2, 0.25) is 0 Å². The van der Waals surface area contributed by atoms with Gasteiger partial charge in [-0.25, -0.2) is 0 Å². The van der Waals surface area contributed by atoms with E-state index in [0.717, 1.165) is 11.3 Å². The summed E-state index contributed by atoms with van der Waals surface area (Å²) in [7, 11) is 0. The van der Waals surface area contributed by atoms with Gasteiger partial charge >= 0.3 is 0 Å². The van der Waals surface area contributed by atoms with Crippen molar-refractivity contribution in [3.8, 4) is 0 Å². The number of hydrogen-bond donors (Lipinski definition) is 2. The number of ether oxygens (including phenoxy) is 1.